The van der Waals surface area contributed by atoms with Gasteiger partial charge in [-0.1, -0.05) is 26.2 Å². The molecule has 182 valence electrons. The zero-order valence-electron chi connectivity index (χ0n) is 19.9. The zero-order valence-corrected chi connectivity index (χ0v) is 19.9. The van der Waals surface area contributed by atoms with Crippen molar-refractivity contribution in [3.8, 4) is 11.5 Å². The van der Waals surface area contributed by atoms with E-state index >= 15 is 0 Å². The van der Waals surface area contributed by atoms with Crippen LogP contribution in [0.25, 0.3) is 0 Å². The minimum atomic E-state index is -0.933. The Morgan fingerprint density at radius 3 is 2.53 bits per heavy atom. The van der Waals surface area contributed by atoms with E-state index in [1.54, 1.807) is 19.2 Å². The van der Waals surface area contributed by atoms with Gasteiger partial charge in [0.1, 0.15) is 17.6 Å². The summed E-state index contributed by atoms with van der Waals surface area (Å²) in [6, 6.07) is 13.5. The Morgan fingerprint density at radius 1 is 1.12 bits per heavy atom. The predicted molar refractivity (Wildman–Crippen MR) is 131 cm³/mol. The number of rotatable bonds is 9. The van der Waals surface area contributed by atoms with Crippen molar-refractivity contribution in [2.45, 2.75) is 63.5 Å². The number of fused-ring (bicyclic) bond motifs is 1. The fourth-order valence-electron chi connectivity index (χ4n) is 5.18. The number of carboxylic acid groups (broad SMARTS) is 1. The lowest BCUT2D eigenvalue weighted by Crippen LogP contribution is -2.44. The largest absolute Gasteiger partial charge is 0.497 e. The van der Waals surface area contributed by atoms with Crippen LogP contribution >= 0.6 is 0 Å². The lowest BCUT2D eigenvalue weighted by molar-refractivity contribution is -0.136. The zero-order chi connectivity index (χ0) is 24.1. The number of anilines is 1. The molecule has 7 nitrogen and oxygen atoms in total. The predicted octanol–water partition coefficient (Wildman–Crippen LogP) is 4.83. The average molecular weight is 467 g/mol. The quantitative estimate of drug-likeness (QED) is 0.490. The average Bonchev–Trinajstić information content (AvgIpc) is 3.18. The molecule has 1 aliphatic heterocycles. The van der Waals surface area contributed by atoms with Gasteiger partial charge in [0.25, 0.3) is 5.91 Å². The van der Waals surface area contributed by atoms with E-state index in [1.165, 1.54) is 37.7 Å². The molecule has 1 saturated carbocycles. The van der Waals surface area contributed by atoms with Crippen molar-refractivity contribution in [2.24, 2.45) is 5.92 Å². The maximum Gasteiger partial charge on any atom is 0.305 e. The maximum absolute atomic E-state index is 12.3. The van der Waals surface area contributed by atoms with Crippen molar-refractivity contribution < 1.29 is 24.2 Å². The number of nitrogens with one attached hydrogen (secondary N) is 2. The molecule has 4 rings (SSSR count). The molecule has 7 heteroatoms. The molecule has 0 bridgehead atoms. The molecule has 1 aliphatic carbocycles. The number of methoxy groups -OCH3 is 1. The fourth-order valence-corrected chi connectivity index (χ4v) is 5.18. The van der Waals surface area contributed by atoms with Crippen LogP contribution in [0, 0.1) is 5.92 Å². The number of aliphatic carboxylic acids is 1. The van der Waals surface area contributed by atoms with E-state index in [9.17, 15) is 9.59 Å². The summed E-state index contributed by atoms with van der Waals surface area (Å²) in [5, 5.41) is 15.1. The second-order valence-electron chi connectivity index (χ2n) is 9.32. The van der Waals surface area contributed by atoms with Crippen molar-refractivity contribution in [2.75, 3.05) is 19.0 Å². The van der Waals surface area contributed by atoms with E-state index in [0.717, 1.165) is 17.2 Å². The molecule has 3 atom stereocenters. The van der Waals surface area contributed by atoms with Crippen molar-refractivity contribution >= 4 is 17.6 Å². The second-order valence-corrected chi connectivity index (χ2v) is 9.32. The molecule has 0 spiro atoms. The Balaban J connectivity index is 1.49. The lowest BCUT2D eigenvalue weighted by Gasteiger charge is -2.36. The summed E-state index contributed by atoms with van der Waals surface area (Å²) in [6.45, 7) is 2.33. The van der Waals surface area contributed by atoms with Crippen LogP contribution in [0.5, 0.6) is 11.5 Å². The van der Waals surface area contributed by atoms with Crippen LogP contribution in [0.2, 0.25) is 0 Å². The topological polar surface area (TPSA) is 96.9 Å². The van der Waals surface area contributed by atoms with Crippen LogP contribution in [0.4, 0.5) is 5.69 Å². The Kier molecular flexibility index (Phi) is 7.60. The highest BCUT2D eigenvalue weighted by Gasteiger charge is 2.41. The van der Waals surface area contributed by atoms with Crippen molar-refractivity contribution in [1.82, 2.24) is 5.32 Å². The first-order valence-corrected chi connectivity index (χ1v) is 12.2. The van der Waals surface area contributed by atoms with Crippen LogP contribution in [-0.4, -0.2) is 42.8 Å². The molecular weight excluding hydrogens is 432 g/mol. The van der Waals surface area contributed by atoms with Gasteiger partial charge in [0.05, 0.1) is 19.6 Å². The van der Waals surface area contributed by atoms with Crippen molar-refractivity contribution in [1.29, 1.82) is 0 Å². The Hall–Kier alpha value is -3.22. The van der Waals surface area contributed by atoms with Gasteiger partial charge in [-0.15, -0.1) is 0 Å². The third-order valence-corrected chi connectivity index (χ3v) is 7.08. The molecule has 0 saturated heterocycles. The van der Waals surface area contributed by atoms with Crippen LogP contribution in [-0.2, 0) is 4.79 Å². The first-order chi connectivity index (χ1) is 16.5. The van der Waals surface area contributed by atoms with Gasteiger partial charge in [-0.05, 0) is 61.2 Å². The van der Waals surface area contributed by atoms with Gasteiger partial charge in [-0.3, -0.25) is 9.59 Å². The van der Waals surface area contributed by atoms with Gasteiger partial charge in [-0.2, -0.15) is 0 Å². The third-order valence-electron chi connectivity index (χ3n) is 7.08. The summed E-state index contributed by atoms with van der Waals surface area (Å²) < 4.78 is 11.9. The normalized spacial score (nSPS) is 20.6. The Bertz CT molecular complexity index is 1000. The van der Waals surface area contributed by atoms with E-state index in [4.69, 9.17) is 14.6 Å². The molecule has 2 aliphatic rings. The molecule has 1 heterocycles. The molecule has 0 aromatic heterocycles. The highest BCUT2D eigenvalue weighted by Crippen LogP contribution is 2.44. The Morgan fingerprint density at radius 2 is 1.85 bits per heavy atom. The number of hydrogen-bond donors (Lipinski definition) is 3. The van der Waals surface area contributed by atoms with Crippen molar-refractivity contribution in [3.63, 3.8) is 0 Å². The van der Waals surface area contributed by atoms with E-state index in [2.05, 4.69) is 23.6 Å². The summed E-state index contributed by atoms with van der Waals surface area (Å²) in [4.78, 5) is 22.9. The van der Waals surface area contributed by atoms with Crippen LogP contribution in [0.15, 0.2) is 42.5 Å². The molecule has 2 aromatic rings. The summed E-state index contributed by atoms with van der Waals surface area (Å²) >= 11 is 0. The van der Waals surface area contributed by atoms with Crippen molar-refractivity contribution in [3.05, 3.63) is 53.6 Å². The van der Waals surface area contributed by atoms with Gasteiger partial charge >= 0.3 is 5.97 Å². The molecule has 0 radical (unpaired) electrons. The number of ether oxygens (including phenoxy) is 2. The number of carboxylic acids is 1. The molecular formula is C27H34N2O5. The molecule has 3 unspecified atom stereocenters. The SMILES string of the molecule is COc1ccc2c(c1)C(C)C(C(Nc1ccc(C(=O)NCCC(=O)O)cc1)C1CCCCC1)O2. The lowest BCUT2D eigenvalue weighted by atomic mass is 9.78. The van der Waals surface area contributed by atoms with E-state index < -0.39 is 5.97 Å². The summed E-state index contributed by atoms with van der Waals surface area (Å²) in [5.74, 6) is 1.30. The number of carbonyl (C=O) groups excluding carboxylic acids is 1. The van der Waals surface area contributed by atoms with Crippen LogP contribution < -0.4 is 20.1 Å². The van der Waals surface area contributed by atoms with Gasteiger partial charge in [0.2, 0.25) is 0 Å². The number of benzene rings is 2. The van der Waals surface area contributed by atoms with Gasteiger partial charge in [-0.25, -0.2) is 0 Å². The smallest absolute Gasteiger partial charge is 0.305 e. The number of amides is 1. The fraction of sp³-hybridized carbons (Fsp3) is 0.481. The third kappa shape index (κ3) is 5.46. The first-order valence-electron chi connectivity index (χ1n) is 12.2. The molecule has 1 amide bonds. The molecule has 1 fully saturated rings. The van der Waals surface area contributed by atoms with E-state index in [0.29, 0.717) is 11.5 Å². The molecule has 2 aromatic carbocycles. The first kappa shape index (κ1) is 23.9. The molecule has 3 N–H and O–H groups in total. The monoisotopic (exact) mass is 466 g/mol. The maximum atomic E-state index is 12.3. The van der Waals surface area contributed by atoms with Gasteiger partial charge < -0.3 is 25.2 Å². The minimum absolute atomic E-state index is 0.00389. The van der Waals surface area contributed by atoms with Crippen LogP contribution in [0.3, 0.4) is 0 Å². The summed E-state index contributed by atoms with van der Waals surface area (Å²) in [7, 11) is 1.68. The second kappa shape index (κ2) is 10.8. The minimum Gasteiger partial charge on any atom is -0.497 e. The summed E-state index contributed by atoms with van der Waals surface area (Å²) in [5.41, 5.74) is 2.64. The highest BCUT2D eigenvalue weighted by atomic mass is 16.5. The van der Waals surface area contributed by atoms with E-state index in [-0.39, 0.29) is 36.9 Å². The van der Waals surface area contributed by atoms with Gasteiger partial charge in [0, 0.05) is 29.3 Å². The van der Waals surface area contributed by atoms with Gasteiger partial charge in [0.15, 0.2) is 0 Å². The van der Waals surface area contributed by atoms with E-state index in [1.807, 2.05) is 24.3 Å². The Labute approximate surface area is 200 Å². The highest BCUT2D eigenvalue weighted by molar-refractivity contribution is 5.94. The summed E-state index contributed by atoms with van der Waals surface area (Å²) in [6.07, 6.45) is 6.02. The molecule has 34 heavy (non-hydrogen) atoms. The standard InChI is InChI=1S/C27H34N2O5/c1-17-22-16-21(33-2)12-13-23(22)34-26(17)25(18-6-4-3-5-7-18)29-20-10-8-19(9-11-20)27(32)28-15-14-24(30)31/h8-13,16-18,25-26,29H,3-7,14-15H2,1-2H3,(H,28,32)(H,30,31). The number of hydrogen-bond acceptors (Lipinski definition) is 5. The number of carbonyl (C=O) groups is 2. The van der Waals surface area contributed by atoms with Crippen LogP contribution in [0.1, 0.15) is 67.3 Å².